The fourth-order valence-electron chi connectivity index (χ4n) is 6.93. The van der Waals surface area contributed by atoms with Gasteiger partial charge in [0.1, 0.15) is 0 Å². The van der Waals surface area contributed by atoms with Crippen LogP contribution in [0.3, 0.4) is 0 Å². The summed E-state index contributed by atoms with van der Waals surface area (Å²) < 4.78 is 64.4. The van der Waals surface area contributed by atoms with Crippen molar-refractivity contribution in [3.8, 4) is 0 Å². The zero-order chi connectivity index (χ0) is 37.8. The lowest BCUT2D eigenvalue weighted by molar-refractivity contribution is 0.0600. The van der Waals surface area contributed by atoms with Crippen molar-refractivity contribution in [2.24, 2.45) is 0 Å². The van der Waals surface area contributed by atoms with Crippen molar-refractivity contribution in [3.05, 3.63) is 171 Å². The van der Waals surface area contributed by atoms with Crippen LogP contribution in [0.5, 0.6) is 0 Å². The Bertz CT molecular complexity index is 2410. The number of esters is 1. The number of hydrogen-bond donors (Lipinski definition) is 1. The molecule has 8 nitrogen and oxygen atoms in total. The van der Waals surface area contributed by atoms with Gasteiger partial charge in [0.05, 0.1) is 35.1 Å². The molecule has 1 aromatic heterocycles. The average Bonchev–Trinajstić information content (AvgIpc) is 3.44. The average molecular weight is 769 g/mol. The predicted molar refractivity (Wildman–Crippen MR) is 211 cm³/mol. The first-order chi connectivity index (χ1) is 25.4. The van der Waals surface area contributed by atoms with E-state index in [1.54, 1.807) is 0 Å². The molecule has 0 aliphatic rings. The number of nitrogens with zero attached hydrogens (tertiary/aromatic N) is 1. The molecule has 274 valence electrons. The maximum Gasteiger partial charge on any atom is 0.337 e. The Labute approximate surface area is 316 Å². The minimum atomic E-state index is -3.81. The van der Waals surface area contributed by atoms with Gasteiger partial charge in [-0.25, -0.2) is 26.4 Å². The number of carbonyl (C=O) groups excluding carboxylic acids is 1. The van der Waals surface area contributed by atoms with Gasteiger partial charge in [-0.3, -0.25) is 0 Å². The Morgan fingerprint density at radius 3 is 1.94 bits per heavy atom. The predicted octanol–water partition coefficient (Wildman–Crippen LogP) is 8.01. The van der Waals surface area contributed by atoms with Crippen molar-refractivity contribution in [2.45, 2.75) is 43.4 Å². The van der Waals surface area contributed by atoms with E-state index in [0.717, 1.165) is 50.0 Å². The molecule has 0 aliphatic carbocycles. The maximum atomic E-state index is 13.8. The molecule has 0 spiro atoms. The number of sulfonamides is 1. The van der Waals surface area contributed by atoms with Crippen LogP contribution in [-0.2, 0) is 43.2 Å². The van der Waals surface area contributed by atoms with Crippen LogP contribution in [0.25, 0.3) is 10.9 Å². The molecule has 0 unspecified atom stereocenters. The smallest absolute Gasteiger partial charge is 0.337 e. The minimum absolute atomic E-state index is 0.0826. The van der Waals surface area contributed by atoms with Crippen molar-refractivity contribution in [1.29, 1.82) is 0 Å². The topological polar surface area (TPSA) is 112 Å². The highest BCUT2D eigenvalue weighted by molar-refractivity contribution is 7.91. The summed E-state index contributed by atoms with van der Waals surface area (Å²) in [4.78, 5) is 12.1. The Hall–Kier alpha value is -4.74. The number of benzene rings is 5. The third-order valence-electron chi connectivity index (χ3n) is 9.59. The van der Waals surface area contributed by atoms with E-state index in [9.17, 15) is 21.6 Å². The number of methoxy groups -OCH3 is 1. The highest BCUT2D eigenvalue weighted by Gasteiger charge is 2.27. The monoisotopic (exact) mass is 768 g/mol. The summed E-state index contributed by atoms with van der Waals surface area (Å²) >= 11 is 6.61. The number of ether oxygens (including phenoxy) is 1. The minimum Gasteiger partial charge on any atom is -0.465 e. The molecule has 0 bridgehead atoms. The summed E-state index contributed by atoms with van der Waals surface area (Å²) in [7, 11) is -6.27. The van der Waals surface area contributed by atoms with E-state index >= 15 is 0 Å². The van der Waals surface area contributed by atoms with Crippen molar-refractivity contribution < 1.29 is 26.4 Å². The lowest BCUT2D eigenvalue weighted by Crippen LogP contribution is -2.29. The van der Waals surface area contributed by atoms with Crippen LogP contribution in [0, 0.1) is 13.8 Å². The molecule has 0 fully saturated rings. The number of rotatable bonds is 14. The van der Waals surface area contributed by atoms with Gasteiger partial charge in [-0.05, 0) is 96.1 Å². The third kappa shape index (κ3) is 8.57. The van der Waals surface area contributed by atoms with Gasteiger partial charge in [-0.1, -0.05) is 90.5 Å². The Morgan fingerprint density at radius 2 is 1.36 bits per heavy atom. The van der Waals surface area contributed by atoms with Gasteiger partial charge < -0.3 is 9.30 Å². The van der Waals surface area contributed by atoms with Crippen molar-refractivity contribution >= 4 is 48.3 Å². The fraction of sp³-hybridized carbons (Fsp3) is 0.214. The van der Waals surface area contributed by atoms with E-state index < -0.39 is 25.8 Å². The largest absolute Gasteiger partial charge is 0.465 e. The molecule has 6 aromatic rings. The molecule has 6 rings (SSSR count). The molecule has 1 heterocycles. The Kier molecular flexibility index (Phi) is 11.5. The first-order valence-corrected chi connectivity index (χ1v) is 20.9. The highest BCUT2D eigenvalue weighted by atomic mass is 35.5. The molecule has 0 radical (unpaired) electrons. The summed E-state index contributed by atoms with van der Waals surface area (Å²) in [6.07, 6.45) is 0.406. The van der Waals surface area contributed by atoms with Gasteiger partial charge in [0.15, 0.2) is 9.84 Å². The third-order valence-corrected chi connectivity index (χ3v) is 12.9. The van der Waals surface area contributed by atoms with E-state index in [-0.39, 0.29) is 47.4 Å². The number of aromatic nitrogens is 1. The first kappa shape index (κ1) is 38.0. The summed E-state index contributed by atoms with van der Waals surface area (Å²) in [5.41, 5.74) is 7.25. The number of halogens is 1. The summed E-state index contributed by atoms with van der Waals surface area (Å²) in [6, 6.07) is 36.7. The van der Waals surface area contributed by atoms with Crippen LogP contribution in [0.2, 0.25) is 5.02 Å². The molecule has 0 atom stereocenters. The quantitative estimate of drug-likeness (QED) is 0.112. The molecule has 0 saturated carbocycles. The second-order valence-electron chi connectivity index (χ2n) is 13.0. The number of carbonyl (C=O) groups is 1. The van der Waals surface area contributed by atoms with Gasteiger partial charge in [0.2, 0.25) is 10.0 Å². The van der Waals surface area contributed by atoms with E-state index in [0.29, 0.717) is 5.02 Å². The SMILES string of the molecule is COC(=O)c1ccc(S(=O)(=O)CCc2c(CCNS(=O)(=O)Cc3c(C)cccc3C)n(C(c3ccccc3)c3ccccc3)c3ccc(Cl)cc23)cc1. The van der Waals surface area contributed by atoms with Crippen LogP contribution >= 0.6 is 11.6 Å². The second kappa shape index (κ2) is 16.1. The zero-order valence-corrected chi connectivity index (χ0v) is 32.1. The van der Waals surface area contributed by atoms with E-state index in [1.807, 2.05) is 86.6 Å². The van der Waals surface area contributed by atoms with Crippen LogP contribution in [0.4, 0.5) is 0 Å². The molecule has 0 aliphatic heterocycles. The van der Waals surface area contributed by atoms with Crippen molar-refractivity contribution in [1.82, 2.24) is 9.29 Å². The number of fused-ring (bicyclic) bond motifs is 1. The lowest BCUT2D eigenvalue weighted by atomic mass is 9.97. The lowest BCUT2D eigenvalue weighted by Gasteiger charge is -2.25. The summed E-state index contributed by atoms with van der Waals surface area (Å²) in [6.45, 7) is 3.90. The molecular weight excluding hydrogens is 728 g/mol. The number of hydrogen-bond acceptors (Lipinski definition) is 6. The number of sulfone groups is 1. The molecule has 0 saturated heterocycles. The van der Waals surface area contributed by atoms with Gasteiger partial charge in [0.25, 0.3) is 0 Å². The molecule has 0 amide bonds. The molecule has 1 N–H and O–H groups in total. The maximum absolute atomic E-state index is 13.8. The van der Waals surface area contributed by atoms with Crippen LogP contribution < -0.4 is 4.72 Å². The molecular formula is C42H41ClN2O6S2. The summed E-state index contributed by atoms with van der Waals surface area (Å²) in [5.74, 6) is -0.942. The normalized spacial score (nSPS) is 12.0. The Balaban J connectivity index is 1.44. The second-order valence-corrected chi connectivity index (χ2v) is 17.4. The molecule has 11 heteroatoms. The number of nitrogens with one attached hydrogen (secondary N) is 1. The molecule has 53 heavy (non-hydrogen) atoms. The molecule has 5 aromatic carbocycles. The fourth-order valence-corrected chi connectivity index (χ4v) is 9.71. The van der Waals surface area contributed by atoms with Gasteiger partial charge in [-0.15, -0.1) is 0 Å². The van der Waals surface area contributed by atoms with Crippen LogP contribution in [0.1, 0.15) is 55.5 Å². The van der Waals surface area contributed by atoms with Gasteiger partial charge in [-0.2, -0.15) is 0 Å². The van der Waals surface area contributed by atoms with Crippen molar-refractivity contribution in [2.75, 3.05) is 19.4 Å². The van der Waals surface area contributed by atoms with E-state index in [2.05, 4.69) is 33.6 Å². The van der Waals surface area contributed by atoms with Crippen LogP contribution in [0.15, 0.2) is 126 Å². The van der Waals surface area contributed by atoms with E-state index in [1.165, 1.54) is 31.4 Å². The van der Waals surface area contributed by atoms with Gasteiger partial charge >= 0.3 is 5.97 Å². The zero-order valence-electron chi connectivity index (χ0n) is 29.8. The Morgan fingerprint density at radius 1 is 0.755 bits per heavy atom. The van der Waals surface area contributed by atoms with E-state index in [4.69, 9.17) is 16.3 Å². The standard InChI is InChI=1S/C42H41ClN2O6S2/c1-29-11-10-12-30(2)38(29)28-53(49,50)44-25-23-40-36(24-26-52(47,48)35-20-17-33(18-21-35)42(46)51-3)37-27-34(43)19-22-39(37)45(40)41(31-13-6-4-7-14-31)32-15-8-5-9-16-32/h4-22,27,41,44H,23-26,28H2,1-3H3. The van der Waals surface area contributed by atoms with Crippen molar-refractivity contribution in [3.63, 3.8) is 0 Å². The highest BCUT2D eigenvalue weighted by Crippen LogP contribution is 2.38. The van der Waals surface area contributed by atoms with Crippen LogP contribution in [-0.4, -0.2) is 46.8 Å². The van der Waals surface area contributed by atoms with Gasteiger partial charge in [0, 0.05) is 34.6 Å². The number of aryl methyl sites for hydroxylation is 3. The first-order valence-electron chi connectivity index (χ1n) is 17.2. The summed E-state index contributed by atoms with van der Waals surface area (Å²) in [5, 5.41) is 1.29.